The molecule has 8 heteroatoms. The molecular weight excluding hydrogens is 358 g/mol. The number of carbonyl (C=O) groups is 1. The Bertz CT molecular complexity index is 684. The van der Waals surface area contributed by atoms with Crippen LogP contribution in [0.4, 0.5) is 5.69 Å². The van der Waals surface area contributed by atoms with Gasteiger partial charge in [-0.15, -0.1) is 0 Å². The molecule has 0 saturated carbocycles. The van der Waals surface area contributed by atoms with Gasteiger partial charge in [-0.25, -0.2) is 8.42 Å². The first kappa shape index (κ1) is 15.0. The lowest BCUT2D eigenvalue weighted by Gasteiger charge is -2.28. The molecule has 114 valence electrons. The van der Waals surface area contributed by atoms with Crippen molar-refractivity contribution in [2.45, 2.75) is 17.7 Å². The normalized spacial score (nSPS) is 20.0. The van der Waals surface area contributed by atoms with Gasteiger partial charge in [-0.2, -0.15) is 4.31 Å². The van der Waals surface area contributed by atoms with E-state index in [4.69, 9.17) is 0 Å². The van der Waals surface area contributed by atoms with Crippen molar-refractivity contribution in [1.82, 2.24) is 9.62 Å². The van der Waals surface area contributed by atoms with Crippen LogP contribution < -0.4 is 10.6 Å². The van der Waals surface area contributed by atoms with Gasteiger partial charge in [0.05, 0.1) is 4.90 Å². The van der Waals surface area contributed by atoms with Crippen molar-refractivity contribution >= 4 is 37.5 Å². The molecule has 0 bridgehead atoms. The number of nitrogens with one attached hydrogen (secondary N) is 2. The lowest BCUT2D eigenvalue weighted by atomic mass is 10.0. The average molecular weight is 374 g/mol. The molecule has 6 nitrogen and oxygen atoms in total. The van der Waals surface area contributed by atoms with Crippen LogP contribution in [0.25, 0.3) is 0 Å². The molecular formula is C13H16BrN3O3S. The second-order valence-corrected chi connectivity index (χ2v) is 7.90. The van der Waals surface area contributed by atoms with Gasteiger partial charge < -0.3 is 10.6 Å². The van der Waals surface area contributed by atoms with E-state index in [1.807, 2.05) is 0 Å². The Morgan fingerprint density at radius 1 is 1.14 bits per heavy atom. The van der Waals surface area contributed by atoms with E-state index in [0.717, 1.165) is 5.56 Å². The zero-order valence-corrected chi connectivity index (χ0v) is 13.8. The third kappa shape index (κ3) is 2.85. The molecule has 0 unspecified atom stereocenters. The minimum Gasteiger partial charge on any atom is -0.326 e. The number of nitrogens with zero attached hydrogens (tertiary/aromatic N) is 1. The minimum atomic E-state index is -3.55. The SMILES string of the molecule is O=C1CCc2cc(Br)c(S(=O)(=O)N3CCNCC3)cc2N1. The van der Waals surface area contributed by atoms with E-state index in [9.17, 15) is 13.2 Å². The molecule has 1 fully saturated rings. The maximum atomic E-state index is 12.7. The summed E-state index contributed by atoms with van der Waals surface area (Å²) in [5.41, 5.74) is 1.56. The maximum absolute atomic E-state index is 12.7. The topological polar surface area (TPSA) is 78.5 Å². The Balaban J connectivity index is 2.01. The quantitative estimate of drug-likeness (QED) is 0.807. The Morgan fingerprint density at radius 3 is 2.57 bits per heavy atom. The number of benzene rings is 1. The highest BCUT2D eigenvalue weighted by molar-refractivity contribution is 9.10. The predicted molar refractivity (Wildman–Crippen MR) is 82.7 cm³/mol. The lowest BCUT2D eigenvalue weighted by molar-refractivity contribution is -0.116. The smallest absolute Gasteiger partial charge is 0.244 e. The van der Waals surface area contributed by atoms with Crippen LogP contribution in [0.5, 0.6) is 0 Å². The largest absolute Gasteiger partial charge is 0.326 e. The summed E-state index contributed by atoms with van der Waals surface area (Å²) < 4.78 is 27.5. The standard InChI is InChI=1S/C13H16BrN3O3S/c14-10-7-9-1-2-13(18)16-11(9)8-12(10)21(19,20)17-5-3-15-4-6-17/h7-8,15H,1-6H2,(H,16,18). The van der Waals surface area contributed by atoms with Gasteiger partial charge >= 0.3 is 0 Å². The first-order chi connectivity index (χ1) is 9.98. The van der Waals surface area contributed by atoms with Crippen LogP contribution in [0.2, 0.25) is 0 Å². The van der Waals surface area contributed by atoms with Gasteiger partial charge in [-0.3, -0.25) is 4.79 Å². The van der Waals surface area contributed by atoms with Gasteiger partial charge in [-0.1, -0.05) is 0 Å². The summed E-state index contributed by atoms with van der Waals surface area (Å²) in [5.74, 6) is -0.0738. The minimum absolute atomic E-state index is 0.0738. The van der Waals surface area contributed by atoms with Gasteiger partial charge in [0.25, 0.3) is 0 Å². The van der Waals surface area contributed by atoms with Crippen LogP contribution >= 0.6 is 15.9 Å². The number of fused-ring (bicyclic) bond motifs is 1. The summed E-state index contributed by atoms with van der Waals surface area (Å²) in [6.45, 7) is 2.22. The number of aryl methyl sites for hydroxylation is 1. The van der Waals surface area contributed by atoms with Crippen LogP contribution in [-0.4, -0.2) is 44.8 Å². The van der Waals surface area contributed by atoms with Crippen LogP contribution in [0.3, 0.4) is 0 Å². The highest BCUT2D eigenvalue weighted by Gasteiger charge is 2.29. The van der Waals surface area contributed by atoms with Crippen molar-refractivity contribution < 1.29 is 13.2 Å². The molecule has 1 amide bonds. The Hall–Kier alpha value is -0.960. The molecule has 0 aliphatic carbocycles. The van der Waals surface area contributed by atoms with E-state index >= 15 is 0 Å². The van der Waals surface area contributed by atoms with E-state index in [-0.39, 0.29) is 10.8 Å². The lowest BCUT2D eigenvalue weighted by Crippen LogP contribution is -2.46. The molecule has 2 aliphatic rings. The fraction of sp³-hybridized carbons (Fsp3) is 0.462. The van der Waals surface area contributed by atoms with Crippen LogP contribution in [-0.2, 0) is 21.2 Å². The molecule has 2 N–H and O–H groups in total. The third-order valence-corrected chi connectivity index (χ3v) is 6.60. The summed E-state index contributed by atoms with van der Waals surface area (Å²) in [6.07, 6.45) is 1.07. The molecule has 3 rings (SSSR count). The van der Waals surface area contributed by atoms with Crippen molar-refractivity contribution in [2.24, 2.45) is 0 Å². The molecule has 0 atom stereocenters. The number of piperazine rings is 1. The first-order valence-corrected chi connectivity index (χ1v) is 9.05. The summed E-state index contributed by atoms with van der Waals surface area (Å²) in [7, 11) is -3.55. The molecule has 1 aromatic rings. The maximum Gasteiger partial charge on any atom is 0.244 e. The number of amides is 1. The van der Waals surface area contributed by atoms with Crippen molar-refractivity contribution in [3.63, 3.8) is 0 Å². The second kappa shape index (κ2) is 5.68. The van der Waals surface area contributed by atoms with Gasteiger partial charge in [0.1, 0.15) is 0 Å². The molecule has 0 aromatic heterocycles. The molecule has 21 heavy (non-hydrogen) atoms. The third-order valence-electron chi connectivity index (χ3n) is 3.75. The van der Waals surface area contributed by atoms with Crippen molar-refractivity contribution in [3.05, 3.63) is 22.2 Å². The summed E-state index contributed by atoms with van der Waals surface area (Å²) >= 11 is 3.36. The Morgan fingerprint density at radius 2 is 1.86 bits per heavy atom. The molecule has 0 spiro atoms. The fourth-order valence-corrected chi connectivity index (χ4v) is 5.12. The molecule has 1 aromatic carbocycles. The number of hydrogen-bond donors (Lipinski definition) is 2. The van der Waals surface area contributed by atoms with E-state index in [1.54, 1.807) is 12.1 Å². The highest BCUT2D eigenvalue weighted by atomic mass is 79.9. The predicted octanol–water partition coefficient (Wildman–Crippen LogP) is 0.928. The van der Waals surface area contributed by atoms with Gasteiger partial charge in [-0.05, 0) is 40.0 Å². The number of hydrogen-bond acceptors (Lipinski definition) is 4. The Labute approximate surface area is 132 Å². The highest BCUT2D eigenvalue weighted by Crippen LogP contribution is 2.33. The monoisotopic (exact) mass is 373 g/mol. The number of carbonyl (C=O) groups excluding carboxylic acids is 1. The average Bonchev–Trinajstić information content (AvgIpc) is 2.48. The zero-order chi connectivity index (χ0) is 15.0. The first-order valence-electron chi connectivity index (χ1n) is 6.81. The number of anilines is 1. The van der Waals surface area contributed by atoms with E-state index < -0.39 is 10.0 Å². The Kier molecular flexibility index (Phi) is 4.04. The van der Waals surface area contributed by atoms with Crippen LogP contribution in [0, 0.1) is 0 Å². The zero-order valence-electron chi connectivity index (χ0n) is 11.4. The van der Waals surface area contributed by atoms with E-state index in [2.05, 4.69) is 26.6 Å². The van der Waals surface area contributed by atoms with Gasteiger partial charge in [0.15, 0.2) is 0 Å². The van der Waals surface area contributed by atoms with Crippen molar-refractivity contribution in [3.8, 4) is 0 Å². The molecule has 0 radical (unpaired) electrons. The number of sulfonamides is 1. The molecule has 2 heterocycles. The van der Waals surface area contributed by atoms with Crippen LogP contribution in [0.1, 0.15) is 12.0 Å². The summed E-state index contributed by atoms with van der Waals surface area (Å²) in [6, 6.07) is 3.36. The van der Waals surface area contributed by atoms with Crippen LogP contribution in [0.15, 0.2) is 21.5 Å². The van der Waals surface area contributed by atoms with Crippen molar-refractivity contribution in [1.29, 1.82) is 0 Å². The molecule has 2 aliphatic heterocycles. The number of rotatable bonds is 2. The summed E-state index contributed by atoms with van der Waals surface area (Å²) in [5, 5.41) is 5.88. The molecule has 1 saturated heterocycles. The van der Waals surface area contributed by atoms with E-state index in [0.29, 0.717) is 49.2 Å². The van der Waals surface area contributed by atoms with Gasteiger partial charge in [0, 0.05) is 42.8 Å². The summed E-state index contributed by atoms with van der Waals surface area (Å²) in [4.78, 5) is 11.7. The fourth-order valence-electron chi connectivity index (χ4n) is 2.60. The second-order valence-electron chi connectivity index (χ2n) is 5.14. The number of halogens is 1. The van der Waals surface area contributed by atoms with E-state index in [1.165, 1.54) is 4.31 Å². The van der Waals surface area contributed by atoms with Crippen molar-refractivity contribution in [2.75, 3.05) is 31.5 Å². The van der Waals surface area contributed by atoms with Gasteiger partial charge in [0.2, 0.25) is 15.9 Å².